The number of nitrogens with zero attached hydrogens (tertiary/aromatic N) is 2. The Kier molecular flexibility index (Phi) is 3.31. The van der Waals surface area contributed by atoms with Crippen LogP contribution in [0.15, 0.2) is 40.9 Å². The van der Waals surface area contributed by atoms with Crippen LogP contribution < -0.4 is 0 Å². The van der Waals surface area contributed by atoms with Gasteiger partial charge in [0.2, 0.25) is 5.82 Å². The van der Waals surface area contributed by atoms with Gasteiger partial charge < -0.3 is 9.63 Å². The SMILES string of the molecule is Oc1ccc(Cl)cc1-c1nc(-c2cc(F)cc(F)c2)no1. The van der Waals surface area contributed by atoms with Gasteiger partial charge >= 0.3 is 0 Å². The fourth-order valence-corrected chi connectivity index (χ4v) is 1.98. The molecule has 0 spiro atoms. The zero-order valence-electron chi connectivity index (χ0n) is 10.3. The number of aromatic hydroxyl groups is 1. The Bertz CT molecular complexity index is 800. The molecule has 106 valence electrons. The molecule has 4 nitrogen and oxygen atoms in total. The van der Waals surface area contributed by atoms with E-state index in [4.69, 9.17) is 16.1 Å². The summed E-state index contributed by atoms with van der Waals surface area (Å²) in [5.41, 5.74) is 0.363. The molecule has 7 heteroatoms. The van der Waals surface area contributed by atoms with Gasteiger partial charge in [-0.15, -0.1) is 0 Å². The Hall–Kier alpha value is -2.47. The highest BCUT2D eigenvalue weighted by molar-refractivity contribution is 6.30. The van der Waals surface area contributed by atoms with Crippen LogP contribution >= 0.6 is 11.6 Å². The van der Waals surface area contributed by atoms with Crippen LogP contribution in [0.25, 0.3) is 22.8 Å². The fourth-order valence-electron chi connectivity index (χ4n) is 1.81. The maximum absolute atomic E-state index is 13.2. The van der Waals surface area contributed by atoms with E-state index < -0.39 is 11.6 Å². The van der Waals surface area contributed by atoms with Crippen molar-refractivity contribution in [2.75, 3.05) is 0 Å². The number of hydrogen-bond acceptors (Lipinski definition) is 4. The van der Waals surface area contributed by atoms with Crippen LogP contribution in [0.4, 0.5) is 8.78 Å². The van der Waals surface area contributed by atoms with Gasteiger partial charge in [-0.2, -0.15) is 4.98 Å². The lowest BCUT2D eigenvalue weighted by Crippen LogP contribution is -1.86. The van der Waals surface area contributed by atoms with Gasteiger partial charge in [0, 0.05) is 16.7 Å². The third-order valence-electron chi connectivity index (χ3n) is 2.74. The molecule has 0 fully saturated rings. The van der Waals surface area contributed by atoms with E-state index in [0.717, 1.165) is 18.2 Å². The smallest absolute Gasteiger partial charge is 0.262 e. The summed E-state index contributed by atoms with van der Waals surface area (Å²) >= 11 is 5.83. The van der Waals surface area contributed by atoms with Crippen molar-refractivity contribution in [2.24, 2.45) is 0 Å². The number of rotatable bonds is 2. The highest BCUT2D eigenvalue weighted by atomic mass is 35.5. The molecule has 0 atom stereocenters. The Morgan fingerprint density at radius 2 is 1.76 bits per heavy atom. The molecule has 0 saturated heterocycles. The summed E-state index contributed by atoms with van der Waals surface area (Å²) < 4.78 is 31.3. The van der Waals surface area contributed by atoms with E-state index in [1.54, 1.807) is 0 Å². The zero-order valence-corrected chi connectivity index (χ0v) is 11.1. The fraction of sp³-hybridized carbons (Fsp3) is 0. The topological polar surface area (TPSA) is 59.2 Å². The van der Waals surface area contributed by atoms with Crippen molar-refractivity contribution in [3.05, 3.63) is 53.1 Å². The standard InChI is InChI=1S/C14H7ClF2N2O2/c15-8-1-2-12(20)11(5-8)14-18-13(19-21-14)7-3-9(16)6-10(17)4-7/h1-6,20H. The first-order chi connectivity index (χ1) is 10.0. The number of halogens is 3. The average Bonchev–Trinajstić information content (AvgIpc) is 2.90. The number of phenolic OH excluding ortho intramolecular Hbond substituents is 1. The van der Waals surface area contributed by atoms with E-state index in [9.17, 15) is 13.9 Å². The summed E-state index contributed by atoms with van der Waals surface area (Å²) in [6.45, 7) is 0. The molecule has 0 unspecified atom stereocenters. The lowest BCUT2D eigenvalue weighted by Gasteiger charge is -1.99. The molecule has 0 bridgehead atoms. The van der Waals surface area contributed by atoms with E-state index >= 15 is 0 Å². The van der Waals surface area contributed by atoms with E-state index in [0.29, 0.717) is 5.02 Å². The summed E-state index contributed by atoms with van der Waals surface area (Å²) in [5, 5.41) is 13.8. The molecule has 0 saturated carbocycles. The first kappa shape index (κ1) is 13.5. The summed E-state index contributed by atoms with van der Waals surface area (Å²) in [7, 11) is 0. The van der Waals surface area contributed by atoms with Crippen molar-refractivity contribution in [3.63, 3.8) is 0 Å². The molecule has 1 heterocycles. The van der Waals surface area contributed by atoms with E-state index in [-0.39, 0.29) is 28.6 Å². The van der Waals surface area contributed by atoms with E-state index in [1.807, 2.05) is 0 Å². The number of aromatic nitrogens is 2. The van der Waals surface area contributed by atoms with Gasteiger partial charge in [0.15, 0.2) is 0 Å². The Balaban J connectivity index is 2.05. The third-order valence-corrected chi connectivity index (χ3v) is 2.97. The number of phenols is 1. The Labute approximate surface area is 122 Å². The van der Waals surface area contributed by atoms with Crippen molar-refractivity contribution in [2.45, 2.75) is 0 Å². The molecule has 0 radical (unpaired) electrons. The average molecular weight is 309 g/mol. The molecule has 0 aliphatic carbocycles. The monoisotopic (exact) mass is 308 g/mol. The molecule has 0 amide bonds. The minimum Gasteiger partial charge on any atom is -0.507 e. The molecule has 3 rings (SSSR count). The second kappa shape index (κ2) is 5.14. The molecule has 2 aromatic carbocycles. The maximum atomic E-state index is 13.2. The maximum Gasteiger partial charge on any atom is 0.262 e. The number of hydrogen-bond donors (Lipinski definition) is 1. The van der Waals surface area contributed by atoms with Gasteiger partial charge in [0.1, 0.15) is 17.4 Å². The Morgan fingerprint density at radius 3 is 2.48 bits per heavy atom. The van der Waals surface area contributed by atoms with Gasteiger partial charge in [-0.1, -0.05) is 16.8 Å². The summed E-state index contributed by atoms with van der Waals surface area (Å²) in [6, 6.07) is 7.22. The van der Waals surface area contributed by atoms with Crippen LogP contribution in [0.3, 0.4) is 0 Å². The van der Waals surface area contributed by atoms with Crippen LogP contribution in [0.5, 0.6) is 5.75 Å². The molecular weight excluding hydrogens is 302 g/mol. The van der Waals surface area contributed by atoms with Gasteiger partial charge in [-0.05, 0) is 30.3 Å². The molecule has 0 aliphatic rings. The third kappa shape index (κ3) is 2.71. The van der Waals surface area contributed by atoms with Crippen LogP contribution in [-0.2, 0) is 0 Å². The van der Waals surface area contributed by atoms with E-state index in [1.165, 1.54) is 18.2 Å². The molecule has 1 aromatic heterocycles. The lowest BCUT2D eigenvalue weighted by molar-refractivity contribution is 0.425. The predicted octanol–water partition coefficient (Wildman–Crippen LogP) is 4.04. The molecule has 21 heavy (non-hydrogen) atoms. The first-order valence-electron chi connectivity index (χ1n) is 5.82. The minimum absolute atomic E-state index is 0.00257. The normalized spacial score (nSPS) is 10.8. The number of benzene rings is 2. The van der Waals surface area contributed by atoms with Crippen molar-refractivity contribution < 1.29 is 18.4 Å². The van der Waals surface area contributed by atoms with Crippen molar-refractivity contribution in [3.8, 4) is 28.6 Å². The van der Waals surface area contributed by atoms with E-state index in [2.05, 4.69) is 10.1 Å². The molecular formula is C14H7ClF2N2O2. The van der Waals surface area contributed by atoms with Gasteiger partial charge in [-0.25, -0.2) is 8.78 Å². The highest BCUT2D eigenvalue weighted by Gasteiger charge is 2.15. The lowest BCUT2D eigenvalue weighted by atomic mass is 10.2. The van der Waals surface area contributed by atoms with Crippen LogP contribution in [0.2, 0.25) is 5.02 Å². The largest absolute Gasteiger partial charge is 0.507 e. The van der Waals surface area contributed by atoms with Crippen LogP contribution in [0, 0.1) is 11.6 Å². The van der Waals surface area contributed by atoms with Crippen molar-refractivity contribution in [1.82, 2.24) is 10.1 Å². The van der Waals surface area contributed by atoms with Crippen LogP contribution in [0.1, 0.15) is 0 Å². The zero-order chi connectivity index (χ0) is 15.0. The van der Waals surface area contributed by atoms with Crippen molar-refractivity contribution >= 4 is 11.6 Å². The second-order valence-corrected chi connectivity index (χ2v) is 4.68. The quantitative estimate of drug-likeness (QED) is 0.776. The first-order valence-corrected chi connectivity index (χ1v) is 6.20. The van der Waals surface area contributed by atoms with Gasteiger partial charge in [-0.3, -0.25) is 0 Å². The molecule has 3 aromatic rings. The Morgan fingerprint density at radius 1 is 1.05 bits per heavy atom. The van der Waals surface area contributed by atoms with Gasteiger partial charge in [0.25, 0.3) is 5.89 Å². The van der Waals surface area contributed by atoms with Crippen LogP contribution in [-0.4, -0.2) is 15.2 Å². The summed E-state index contributed by atoms with van der Waals surface area (Å²) in [5.74, 6) is -1.60. The van der Waals surface area contributed by atoms with Gasteiger partial charge in [0.05, 0.1) is 5.56 Å². The van der Waals surface area contributed by atoms with Crippen molar-refractivity contribution in [1.29, 1.82) is 0 Å². The minimum atomic E-state index is -0.748. The summed E-state index contributed by atoms with van der Waals surface area (Å²) in [6.07, 6.45) is 0. The predicted molar refractivity (Wildman–Crippen MR) is 71.8 cm³/mol. The molecule has 1 N–H and O–H groups in total. The summed E-state index contributed by atoms with van der Waals surface area (Å²) in [4.78, 5) is 4.01. The second-order valence-electron chi connectivity index (χ2n) is 4.24. The highest BCUT2D eigenvalue weighted by Crippen LogP contribution is 2.31. The molecule has 0 aliphatic heterocycles.